The smallest absolute Gasteiger partial charge is 0.215 e. The fourth-order valence-electron chi connectivity index (χ4n) is 5.84. The molecule has 0 bridgehead atoms. The molecule has 2 aromatic heterocycles. The molecule has 2 unspecified atom stereocenters. The van der Waals surface area contributed by atoms with Crippen molar-refractivity contribution >= 4 is 51.6 Å². The lowest BCUT2D eigenvalue weighted by Crippen LogP contribution is -2.46. The normalized spacial score (nSPS) is 20.4. The topological polar surface area (TPSA) is 69.3 Å². The van der Waals surface area contributed by atoms with Crippen molar-refractivity contribution in [3.8, 4) is 5.75 Å². The molecule has 4 heterocycles. The Morgan fingerprint density at radius 3 is 2.50 bits per heavy atom. The second-order valence-corrected chi connectivity index (χ2v) is 13.1. The van der Waals surface area contributed by atoms with Gasteiger partial charge >= 0.3 is 0 Å². The summed E-state index contributed by atoms with van der Waals surface area (Å²) in [6.07, 6.45) is 7.05. The van der Waals surface area contributed by atoms with Crippen LogP contribution < -0.4 is 19.3 Å². The van der Waals surface area contributed by atoms with Gasteiger partial charge in [-0.2, -0.15) is 0 Å². The molecule has 238 valence electrons. The summed E-state index contributed by atoms with van der Waals surface area (Å²) in [6.45, 7) is 4.83. The Kier molecular flexibility index (Phi) is 9.06. The summed E-state index contributed by atoms with van der Waals surface area (Å²) in [5.74, 6) is -0.303. The maximum Gasteiger partial charge on any atom is 0.215 e. The van der Waals surface area contributed by atoms with Crippen LogP contribution in [-0.2, 0) is 28.9 Å². The van der Waals surface area contributed by atoms with Gasteiger partial charge in [-0.3, -0.25) is 0 Å². The molecule has 5 aromatic rings. The molecule has 2 saturated heterocycles. The number of rotatable bonds is 9. The molecule has 2 aliphatic rings. The molecule has 0 aliphatic carbocycles. The number of nitrogens with zero attached hydrogens (tertiary/aromatic N) is 6. The fraction of sp³-hybridized carbons (Fsp3) is 0.294. The number of hydrogen-bond acceptors (Lipinski definition) is 8. The van der Waals surface area contributed by atoms with E-state index < -0.39 is 5.79 Å². The monoisotopic (exact) mass is 676 g/mol. The van der Waals surface area contributed by atoms with Crippen LogP contribution in [0.1, 0.15) is 5.56 Å². The largest absolute Gasteiger partial charge is 0.491 e. The summed E-state index contributed by atoms with van der Waals surface area (Å²) in [7, 11) is 2.02. The predicted molar refractivity (Wildman–Crippen MR) is 183 cm³/mol. The van der Waals surface area contributed by atoms with E-state index >= 15 is 0 Å². The second-order valence-electron chi connectivity index (χ2n) is 11.4. The number of halogens is 2. The summed E-state index contributed by atoms with van der Waals surface area (Å²) >= 11 is 14.4. The van der Waals surface area contributed by atoms with Gasteiger partial charge in [0.05, 0.1) is 30.2 Å². The molecule has 0 amide bonds. The van der Waals surface area contributed by atoms with Gasteiger partial charge in [0.25, 0.3) is 0 Å². The highest BCUT2D eigenvalue weighted by atomic mass is 35.5. The predicted octanol–water partition coefficient (Wildman–Crippen LogP) is 6.50. The zero-order valence-corrected chi connectivity index (χ0v) is 27.7. The van der Waals surface area contributed by atoms with E-state index in [0.29, 0.717) is 29.8 Å². The molecule has 0 spiro atoms. The van der Waals surface area contributed by atoms with Crippen molar-refractivity contribution in [2.75, 3.05) is 49.2 Å². The standard InChI is InChI=1S/C34H34Cl2N6O3S/c1-39-17-18-46-33(39)38-26-3-2-4-28(20-26)42-15-13-41(14-16-42)27-6-8-29(9-7-27)43-21-30-22-44-34(45-30,23-40-12-11-37-24-40)31-10-5-25(35)19-32(31)36/h2-12,17-20,24,30H,13-16,21-23H2,1H3. The lowest BCUT2D eigenvalue weighted by atomic mass is 10.1. The van der Waals surface area contributed by atoms with Crippen LogP contribution in [0.2, 0.25) is 10.0 Å². The molecule has 3 aromatic carbocycles. The molecule has 0 saturated carbocycles. The van der Waals surface area contributed by atoms with Crippen molar-refractivity contribution < 1.29 is 14.2 Å². The third-order valence-corrected chi connectivity index (χ3v) is 9.64. The van der Waals surface area contributed by atoms with Gasteiger partial charge in [-0.15, -0.1) is 11.3 Å². The van der Waals surface area contributed by atoms with Crippen LogP contribution in [0.3, 0.4) is 0 Å². The van der Waals surface area contributed by atoms with E-state index in [1.807, 2.05) is 52.2 Å². The Labute approximate surface area is 281 Å². The number of ether oxygens (including phenoxy) is 3. The van der Waals surface area contributed by atoms with E-state index in [1.165, 1.54) is 11.4 Å². The lowest BCUT2D eigenvalue weighted by Gasteiger charge is -2.37. The molecule has 2 aliphatic heterocycles. The molecule has 9 nitrogen and oxygen atoms in total. The highest BCUT2D eigenvalue weighted by molar-refractivity contribution is 7.07. The molecular formula is C34H34Cl2N6O3S. The minimum atomic E-state index is -1.08. The third-order valence-electron chi connectivity index (χ3n) is 8.25. The number of thiazole rings is 1. The van der Waals surface area contributed by atoms with Crippen LogP contribution in [0, 0.1) is 0 Å². The van der Waals surface area contributed by atoms with Gasteiger partial charge in [0, 0.05) is 79.2 Å². The Balaban J connectivity index is 0.945. The van der Waals surface area contributed by atoms with Gasteiger partial charge in [0.2, 0.25) is 5.79 Å². The van der Waals surface area contributed by atoms with Crippen molar-refractivity contribution in [1.29, 1.82) is 0 Å². The van der Waals surface area contributed by atoms with E-state index in [2.05, 4.69) is 51.2 Å². The first-order valence-corrected chi connectivity index (χ1v) is 16.8. The van der Waals surface area contributed by atoms with Crippen molar-refractivity contribution in [3.05, 3.63) is 117 Å². The maximum absolute atomic E-state index is 6.60. The van der Waals surface area contributed by atoms with Gasteiger partial charge in [0.15, 0.2) is 4.80 Å². The van der Waals surface area contributed by atoms with E-state index in [-0.39, 0.29) is 6.10 Å². The van der Waals surface area contributed by atoms with Crippen molar-refractivity contribution in [3.63, 3.8) is 0 Å². The Morgan fingerprint density at radius 2 is 1.78 bits per heavy atom. The van der Waals surface area contributed by atoms with Crippen LogP contribution in [0.25, 0.3) is 0 Å². The number of aryl methyl sites for hydroxylation is 1. The quantitative estimate of drug-likeness (QED) is 0.178. The molecule has 0 N–H and O–H groups in total. The Morgan fingerprint density at radius 1 is 0.978 bits per heavy atom. The van der Waals surface area contributed by atoms with E-state index in [1.54, 1.807) is 36.0 Å². The minimum absolute atomic E-state index is 0.289. The fourth-order valence-corrected chi connectivity index (χ4v) is 7.15. The first kappa shape index (κ1) is 30.8. The number of aromatic nitrogens is 3. The highest BCUT2D eigenvalue weighted by Crippen LogP contribution is 2.40. The zero-order chi connectivity index (χ0) is 31.5. The maximum atomic E-state index is 6.60. The molecule has 7 rings (SSSR count). The molecule has 12 heteroatoms. The SMILES string of the molecule is Cn1ccsc1=Nc1cccc(N2CCN(c3ccc(OCC4COC(Cn5ccnc5)(c5ccc(Cl)cc5Cl)O4)cc3)CC2)c1. The summed E-state index contributed by atoms with van der Waals surface area (Å²) in [5, 5.41) is 3.09. The molecule has 46 heavy (non-hydrogen) atoms. The summed E-state index contributed by atoms with van der Waals surface area (Å²) in [6, 6.07) is 22.1. The van der Waals surface area contributed by atoms with Crippen LogP contribution in [0.15, 0.2) is 102 Å². The Hall–Kier alpha value is -3.80. The highest BCUT2D eigenvalue weighted by Gasteiger charge is 2.45. The summed E-state index contributed by atoms with van der Waals surface area (Å²) < 4.78 is 22.9. The van der Waals surface area contributed by atoms with Crippen molar-refractivity contribution in [1.82, 2.24) is 14.1 Å². The Bertz CT molecular complexity index is 1840. The first-order chi connectivity index (χ1) is 22.4. The van der Waals surface area contributed by atoms with Crippen molar-refractivity contribution in [2.24, 2.45) is 12.0 Å². The van der Waals surface area contributed by atoms with Gasteiger partial charge in [-0.1, -0.05) is 35.3 Å². The van der Waals surface area contributed by atoms with E-state index in [4.69, 9.17) is 42.4 Å². The van der Waals surface area contributed by atoms with Crippen LogP contribution in [-0.4, -0.2) is 59.6 Å². The van der Waals surface area contributed by atoms with Crippen LogP contribution in [0.5, 0.6) is 5.75 Å². The molecule has 2 atom stereocenters. The summed E-state index contributed by atoms with van der Waals surface area (Å²) in [5.41, 5.74) is 4.07. The van der Waals surface area contributed by atoms with E-state index in [0.717, 1.165) is 48.0 Å². The zero-order valence-electron chi connectivity index (χ0n) is 25.3. The number of benzene rings is 3. The summed E-state index contributed by atoms with van der Waals surface area (Å²) in [4.78, 5) is 14.8. The number of anilines is 2. The third kappa shape index (κ3) is 6.82. The number of piperazine rings is 1. The van der Waals surface area contributed by atoms with Gasteiger partial charge in [0.1, 0.15) is 18.5 Å². The number of hydrogen-bond donors (Lipinski definition) is 0. The van der Waals surface area contributed by atoms with Crippen LogP contribution >= 0.6 is 34.5 Å². The van der Waals surface area contributed by atoms with E-state index in [9.17, 15) is 0 Å². The minimum Gasteiger partial charge on any atom is -0.491 e. The molecule has 2 fully saturated rings. The lowest BCUT2D eigenvalue weighted by molar-refractivity contribution is -0.189. The van der Waals surface area contributed by atoms with Gasteiger partial charge < -0.3 is 33.1 Å². The molecular weight excluding hydrogens is 643 g/mol. The first-order valence-electron chi connectivity index (χ1n) is 15.1. The average Bonchev–Trinajstić information content (AvgIpc) is 3.83. The van der Waals surface area contributed by atoms with Gasteiger partial charge in [-0.05, 0) is 54.6 Å². The van der Waals surface area contributed by atoms with Crippen molar-refractivity contribution in [2.45, 2.75) is 18.4 Å². The van der Waals surface area contributed by atoms with Gasteiger partial charge in [-0.25, -0.2) is 9.98 Å². The molecule has 0 radical (unpaired) electrons. The second kappa shape index (κ2) is 13.5. The van der Waals surface area contributed by atoms with Crippen LogP contribution in [0.4, 0.5) is 17.1 Å². The number of imidazole rings is 1. The average molecular weight is 678 g/mol.